The van der Waals surface area contributed by atoms with Gasteiger partial charge >= 0.3 is 0 Å². The highest BCUT2D eigenvalue weighted by atomic mass is 127. The molecular formula is C5H10IN2OP. The van der Waals surface area contributed by atoms with Crippen LogP contribution in [-0.4, -0.2) is 17.9 Å². The van der Waals surface area contributed by atoms with Gasteiger partial charge in [0.25, 0.3) is 0 Å². The predicted molar refractivity (Wildman–Crippen MR) is 54.8 cm³/mol. The number of rotatable bonds is 4. The number of halogens is 1. The predicted octanol–water partition coefficient (Wildman–Crippen LogP) is 1.23. The largest absolute Gasteiger partial charge is 0.402 e. The molecule has 0 aliphatic rings. The summed E-state index contributed by atoms with van der Waals surface area (Å²) in [6.07, 6.45) is 4.43. The van der Waals surface area contributed by atoms with E-state index in [1.165, 1.54) is 0 Å². The molecule has 0 aliphatic heterocycles. The first-order valence-electron chi connectivity index (χ1n) is 2.75. The fraction of sp³-hybridized carbons (Fsp3) is 0.400. The Bertz CT molecular complexity index is 138. The third-order valence-electron chi connectivity index (χ3n) is 0.812. The minimum absolute atomic E-state index is 0.0999. The van der Waals surface area contributed by atoms with Crippen LogP contribution in [0.25, 0.3) is 0 Å². The lowest BCUT2D eigenvalue weighted by Gasteiger charge is -1.92. The van der Waals surface area contributed by atoms with Gasteiger partial charge in [-0.3, -0.25) is 4.76 Å². The third kappa shape index (κ3) is 6.45. The van der Waals surface area contributed by atoms with Crippen molar-refractivity contribution in [3.8, 4) is 0 Å². The molecule has 0 saturated carbocycles. The normalized spacial score (nSPS) is 14.0. The maximum atomic E-state index is 8.43. The number of allylic oxidation sites excluding steroid dienone is 1. The van der Waals surface area contributed by atoms with E-state index in [1.807, 2.05) is 0 Å². The summed E-state index contributed by atoms with van der Waals surface area (Å²) in [6.45, 7) is 0.0999. The average Bonchev–Trinajstić information content (AvgIpc) is 1.89. The monoisotopic (exact) mass is 272 g/mol. The summed E-state index contributed by atoms with van der Waals surface area (Å²) < 4.78 is 3.95. The molecule has 0 radical (unpaired) electrons. The van der Waals surface area contributed by atoms with Gasteiger partial charge < -0.3 is 10.8 Å². The minimum atomic E-state index is 0.0999. The van der Waals surface area contributed by atoms with E-state index in [0.717, 1.165) is 0 Å². The lowest BCUT2D eigenvalue weighted by molar-refractivity contribution is 0.299. The molecule has 0 amide bonds. The van der Waals surface area contributed by atoms with E-state index in [0.29, 0.717) is 18.5 Å². The molecule has 0 aliphatic carbocycles. The molecule has 0 heterocycles. The van der Waals surface area contributed by atoms with Gasteiger partial charge in [0.1, 0.15) is 0 Å². The zero-order valence-electron chi connectivity index (χ0n) is 5.42. The number of aliphatic hydroxyl groups excluding tert-OH is 1. The van der Waals surface area contributed by atoms with Gasteiger partial charge in [-0.2, -0.15) is 0 Å². The maximum Gasteiger partial charge on any atom is 0.0658 e. The molecule has 0 rings (SSSR count). The van der Waals surface area contributed by atoms with E-state index in [2.05, 4.69) is 26.8 Å². The lowest BCUT2D eigenvalue weighted by Crippen LogP contribution is -1.99. The first kappa shape index (κ1) is 10.3. The second-order valence-corrected chi connectivity index (χ2v) is 3.45. The summed E-state index contributed by atoms with van der Waals surface area (Å²) in [4.78, 5) is 0. The van der Waals surface area contributed by atoms with Crippen LogP contribution in [0, 0.1) is 0 Å². The van der Waals surface area contributed by atoms with Crippen LogP contribution in [0.15, 0.2) is 16.5 Å². The van der Waals surface area contributed by atoms with Crippen molar-refractivity contribution in [1.82, 2.24) is 0 Å². The van der Waals surface area contributed by atoms with Crippen molar-refractivity contribution in [2.24, 2.45) is 10.5 Å². The molecule has 0 aromatic heterocycles. The van der Waals surface area contributed by atoms with E-state index in [9.17, 15) is 0 Å². The Labute approximate surface area is 75.1 Å². The van der Waals surface area contributed by atoms with Crippen molar-refractivity contribution in [3.63, 3.8) is 0 Å². The Morgan fingerprint density at radius 2 is 2.50 bits per heavy atom. The van der Waals surface area contributed by atoms with Gasteiger partial charge in [-0.25, -0.2) is 0 Å². The molecule has 58 valence electrons. The van der Waals surface area contributed by atoms with Gasteiger partial charge in [0, 0.05) is 24.9 Å². The molecule has 3 N–H and O–H groups in total. The van der Waals surface area contributed by atoms with Crippen molar-refractivity contribution in [2.75, 3.05) is 6.61 Å². The summed E-state index contributed by atoms with van der Waals surface area (Å²) in [5.74, 6) is 0. The van der Waals surface area contributed by atoms with E-state index in [1.54, 1.807) is 12.3 Å². The number of aliphatic hydroxyl groups is 1. The maximum absolute atomic E-state index is 8.43. The van der Waals surface area contributed by atoms with E-state index in [-0.39, 0.29) is 6.61 Å². The molecule has 3 nitrogen and oxygen atoms in total. The Hall–Kier alpha value is 0.330. The molecule has 0 saturated heterocycles. The smallest absolute Gasteiger partial charge is 0.0658 e. The minimum Gasteiger partial charge on any atom is -0.402 e. The quantitative estimate of drug-likeness (QED) is 0.459. The van der Waals surface area contributed by atoms with Gasteiger partial charge in [-0.05, 0) is 28.1 Å². The summed E-state index contributed by atoms with van der Waals surface area (Å²) in [7, 11) is 0. The van der Waals surface area contributed by atoms with Crippen LogP contribution in [0.3, 0.4) is 0 Å². The van der Waals surface area contributed by atoms with Gasteiger partial charge in [-0.15, -0.1) is 0 Å². The highest BCUT2D eigenvalue weighted by Gasteiger charge is 1.83. The number of hydrogen-bond acceptors (Lipinski definition) is 3. The van der Waals surface area contributed by atoms with Gasteiger partial charge in [0.15, 0.2) is 0 Å². The highest BCUT2D eigenvalue weighted by Crippen LogP contribution is 2.20. The Morgan fingerprint density at radius 3 is 3.00 bits per heavy atom. The molecule has 1 unspecified atom stereocenters. The van der Waals surface area contributed by atoms with Crippen LogP contribution in [0.2, 0.25) is 0 Å². The first-order valence-corrected chi connectivity index (χ1v) is 6.81. The summed E-state index contributed by atoms with van der Waals surface area (Å²) in [5.41, 5.74) is 6.10. The van der Waals surface area contributed by atoms with Crippen LogP contribution in [0.5, 0.6) is 0 Å². The molecule has 0 bridgehead atoms. The number of nitrogens with two attached hydrogens (primary N) is 1. The van der Waals surface area contributed by atoms with Crippen molar-refractivity contribution < 1.29 is 5.11 Å². The van der Waals surface area contributed by atoms with Crippen molar-refractivity contribution in [1.29, 1.82) is 0 Å². The number of nitrogens with zero attached hydrogens (tertiary/aromatic N) is 1. The Balaban J connectivity index is 3.56. The van der Waals surface area contributed by atoms with Crippen LogP contribution in [0.1, 0.15) is 6.42 Å². The zero-order valence-corrected chi connectivity index (χ0v) is 8.58. The summed E-state index contributed by atoms with van der Waals surface area (Å²) in [5, 5.41) is 8.43. The van der Waals surface area contributed by atoms with Gasteiger partial charge in [0.2, 0.25) is 0 Å². The zero-order chi connectivity index (χ0) is 7.82. The van der Waals surface area contributed by atoms with Gasteiger partial charge in [0.05, 0.1) is 6.37 Å². The SMILES string of the molecule is N/C(=C\C=N\PI)CCO. The lowest BCUT2D eigenvalue weighted by atomic mass is 10.3. The standard InChI is InChI=1S/C5H10IN2OP/c6-10-8-3-1-5(7)2-4-9/h1,3,9-10H,2,4,7H2/b5-1-,8-3+. The topological polar surface area (TPSA) is 58.6 Å². The van der Waals surface area contributed by atoms with Crippen LogP contribution in [0.4, 0.5) is 0 Å². The molecule has 0 fully saturated rings. The summed E-state index contributed by atoms with van der Waals surface area (Å²) in [6, 6.07) is 0. The molecule has 10 heavy (non-hydrogen) atoms. The Morgan fingerprint density at radius 1 is 1.80 bits per heavy atom. The number of hydrogen-bond donors (Lipinski definition) is 2. The second kappa shape index (κ2) is 7.44. The van der Waals surface area contributed by atoms with Crippen LogP contribution in [-0.2, 0) is 0 Å². The first-order chi connectivity index (χ1) is 4.81. The molecular weight excluding hydrogens is 262 g/mol. The molecule has 0 aromatic carbocycles. The van der Waals surface area contributed by atoms with E-state index >= 15 is 0 Å². The third-order valence-corrected chi connectivity index (χ3v) is 1.89. The van der Waals surface area contributed by atoms with E-state index in [4.69, 9.17) is 10.8 Å². The fourth-order valence-electron chi connectivity index (χ4n) is 0.374. The van der Waals surface area contributed by atoms with E-state index < -0.39 is 0 Å². The van der Waals surface area contributed by atoms with Crippen molar-refractivity contribution in [2.45, 2.75) is 6.42 Å². The highest BCUT2D eigenvalue weighted by molar-refractivity contribution is 14.2. The van der Waals surface area contributed by atoms with Crippen molar-refractivity contribution in [3.05, 3.63) is 11.8 Å². The molecule has 0 aromatic rings. The summed E-state index contributed by atoms with van der Waals surface area (Å²) >= 11 is 2.17. The van der Waals surface area contributed by atoms with Crippen molar-refractivity contribution >= 4 is 34.6 Å². The second-order valence-electron chi connectivity index (χ2n) is 1.58. The molecule has 5 heteroatoms. The molecule has 1 atom stereocenters. The van der Waals surface area contributed by atoms with Crippen LogP contribution >= 0.6 is 28.4 Å². The van der Waals surface area contributed by atoms with Gasteiger partial charge in [-0.1, -0.05) is 0 Å². The Kier molecular flexibility index (Phi) is 7.68. The molecule has 0 spiro atoms. The fourth-order valence-corrected chi connectivity index (χ4v) is 0.987. The average molecular weight is 272 g/mol. The van der Waals surface area contributed by atoms with Crippen LogP contribution < -0.4 is 5.73 Å².